The maximum atomic E-state index is 9.62. The highest BCUT2D eigenvalue weighted by Gasteiger charge is 2.27. The number of hydrogen-bond acceptors (Lipinski definition) is 2. The van der Waals surface area contributed by atoms with Gasteiger partial charge in [0.05, 0.1) is 0 Å². The van der Waals surface area contributed by atoms with Gasteiger partial charge in [0, 0.05) is 5.41 Å². The molecule has 1 unspecified atom stereocenters. The largest absolute Gasteiger partial charge is 0.508 e. The summed E-state index contributed by atoms with van der Waals surface area (Å²) in [4.78, 5) is 0. The molecule has 2 heteroatoms. The molecule has 2 rings (SSSR count). The van der Waals surface area contributed by atoms with Crippen LogP contribution in [-0.2, 0) is 5.41 Å². The number of phenols is 2. The minimum absolute atomic E-state index is 0.160. The molecule has 0 aromatic heterocycles. The van der Waals surface area contributed by atoms with Crippen LogP contribution in [0.15, 0.2) is 48.5 Å². The lowest BCUT2D eigenvalue weighted by molar-refractivity contribution is 0.467. The van der Waals surface area contributed by atoms with Gasteiger partial charge in [-0.15, -0.1) is 0 Å². The minimum Gasteiger partial charge on any atom is -0.508 e. The van der Waals surface area contributed by atoms with Crippen molar-refractivity contribution in [1.29, 1.82) is 0 Å². The zero-order chi connectivity index (χ0) is 13.2. The summed E-state index contributed by atoms with van der Waals surface area (Å²) in [7, 11) is 0. The summed E-state index contributed by atoms with van der Waals surface area (Å²) in [6.45, 7) is 4.27. The van der Waals surface area contributed by atoms with E-state index in [4.69, 9.17) is 0 Å². The van der Waals surface area contributed by atoms with Crippen molar-refractivity contribution in [3.05, 3.63) is 59.7 Å². The molecular formula is C16H18O2. The lowest BCUT2D eigenvalue weighted by atomic mass is 9.74. The van der Waals surface area contributed by atoms with E-state index in [2.05, 4.69) is 13.8 Å². The van der Waals surface area contributed by atoms with E-state index < -0.39 is 0 Å². The first-order valence-electron chi connectivity index (χ1n) is 6.15. The average molecular weight is 242 g/mol. The van der Waals surface area contributed by atoms with Crippen molar-refractivity contribution in [2.75, 3.05) is 0 Å². The molecular weight excluding hydrogens is 224 g/mol. The van der Waals surface area contributed by atoms with Crippen LogP contribution in [0.5, 0.6) is 11.5 Å². The monoisotopic (exact) mass is 242 g/mol. The highest BCUT2D eigenvalue weighted by atomic mass is 16.3. The number of benzene rings is 2. The first-order valence-corrected chi connectivity index (χ1v) is 6.15. The molecule has 0 amide bonds. The Hall–Kier alpha value is -1.96. The van der Waals surface area contributed by atoms with Gasteiger partial charge in [-0.3, -0.25) is 0 Å². The normalized spacial score (nSPS) is 14.1. The zero-order valence-corrected chi connectivity index (χ0v) is 10.7. The smallest absolute Gasteiger partial charge is 0.115 e. The molecule has 0 aliphatic carbocycles. The standard InChI is InChI=1S/C16H18O2/c1-3-16(2,12-7-9-14(17)10-8-12)13-5-4-6-15(18)11-13/h4-11,17-18H,3H2,1-2H3. The molecule has 0 aliphatic rings. The van der Waals surface area contributed by atoms with Crippen LogP contribution in [0.2, 0.25) is 0 Å². The predicted octanol–water partition coefficient (Wildman–Crippen LogP) is 3.81. The van der Waals surface area contributed by atoms with Crippen LogP contribution in [0.4, 0.5) is 0 Å². The van der Waals surface area contributed by atoms with Crippen molar-refractivity contribution < 1.29 is 10.2 Å². The van der Waals surface area contributed by atoms with E-state index in [1.807, 2.05) is 24.3 Å². The third-order valence-corrected chi connectivity index (χ3v) is 3.69. The fourth-order valence-electron chi connectivity index (χ4n) is 2.25. The molecule has 0 fully saturated rings. The summed E-state index contributed by atoms with van der Waals surface area (Å²) in [5, 5.41) is 19.0. The van der Waals surface area contributed by atoms with E-state index >= 15 is 0 Å². The summed E-state index contributed by atoms with van der Waals surface area (Å²) >= 11 is 0. The number of phenolic OH excluding ortho intramolecular Hbond substituents is 2. The van der Waals surface area contributed by atoms with Gasteiger partial charge in [0.1, 0.15) is 11.5 Å². The topological polar surface area (TPSA) is 40.5 Å². The molecule has 0 saturated carbocycles. The van der Waals surface area contributed by atoms with Crippen LogP contribution in [0.25, 0.3) is 0 Å². The van der Waals surface area contributed by atoms with E-state index in [9.17, 15) is 10.2 Å². The Morgan fingerprint density at radius 2 is 1.56 bits per heavy atom. The molecule has 94 valence electrons. The van der Waals surface area contributed by atoms with Crippen LogP contribution in [0.3, 0.4) is 0 Å². The second kappa shape index (κ2) is 4.73. The van der Waals surface area contributed by atoms with E-state index in [1.54, 1.807) is 24.3 Å². The molecule has 2 N–H and O–H groups in total. The Morgan fingerprint density at radius 1 is 0.889 bits per heavy atom. The van der Waals surface area contributed by atoms with Gasteiger partial charge in [-0.05, 0) is 41.8 Å². The van der Waals surface area contributed by atoms with Gasteiger partial charge >= 0.3 is 0 Å². The lowest BCUT2D eigenvalue weighted by Gasteiger charge is -2.29. The third-order valence-electron chi connectivity index (χ3n) is 3.69. The average Bonchev–Trinajstić information content (AvgIpc) is 2.38. The summed E-state index contributed by atoms with van der Waals surface area (Å²) in [5.41, 5.74) is 2.05. The Morgan fingerprint density at radius 3 is 2.11 bits per heavy atom. The first kappa shape index (κ1) is 12.5. The van der Waals surface area contributed by atoms with Gasteiger partial charge in [0.2, 0.25) is 0 Å². The van der Waals surface area contributed by atoms with E-state index in [0.717, 1.165) is 17.5 Å². The number of hydrogen-bond donors (Lipinski definition) is 2. The molecule has 0 radical (unpaired) electrons. The molecule has 1 atom stereocenters. The summed E-state index contributed by atoms with van der Waals surface area (Å²) < 4.78 is 0. The van der Waals surface area contributed by atoms with Crippen molar-refractivity contribution in [2.24, 2.45) is 0 Å². The fourth-order valence-corrected chi connectivity index (χ4v) is 2.25. The number of rotatable bonds is 3. The predicted molar refractivity (Wildman–Crippen MR) is 73.0 cm³/mol. The minimum atomic E-state index is -0.160. The SMILES string of the molecule is CCC(C)(c1ccc(O)cc1)c1cccc(O)c1. The molecule has 2 nitrogen and oxygen atoms in total. The summed E-state index contributed by atoms with van der Waals surface area (Å²) in [6.07, 6.45) is 0.918. The highest BCUT2D eigenvalue weighted by molar-refractivity contribution is 5.42. The van der Waals surface area contributed by atoms with Crippen LogP contribution in [0.1, 0.15) is 31.4 Å². The fraction of sp³-hybridized carbons (Fsp3) is 0.250. The quantitative estimate of drug-likeness (QED) is 0.859. The molecule has 0 saturated heterocycles. The van der Waals surface area contributed by atoms with Gasteiger partial charge in [-0.2, -0.15) is 0 Å². The first-order chi connectivity index (χ1) is 8.56. The molecule has 0 bridgehead atoms. The van der Waals surface area contributed by atoms with Gasteiger partial charge < -0.3 is 10.2 Å². The van der Waals surface area contributed by atoms with Gasteiger partial charge in [0.25, 0.3) is 0 Å². The van der Waals surface area contributed by atoms with Crippen LogP contribution < -0.4 is 0 Å². The Kier molecular flexibility index (Phi) is 3.28. The summed E-state index contributed by atoms with van der Waals surface area (Å²) in [6, 6.07) is 14.6. The Labute approximate surface area is 108 Å². The molecule has 2 aromatic carbocycles. The van der Waals surface area contributed by atoms with Crippen LogP contribution in [0, 0.1) is 0 Å². The molecule has 0 aliphatic heterocycles. The van der Waals surface area contributed by atoms with Crippen molar-refractivity contribution in [3.63, 3.8) is 0 Å². The van der Waals surface area contributed by atoms with Gasteiger partial charge in [-0.1, -0.05) is 38.1 Å². The molecule has 2 aromatic rings. The Bertz CT molecular complexity index is 531. The lowest BCUT2D eigenvalue weighted by Crippen LogP contribution is -2.22. The van der Waals surface area contributed by atoms with E-state index in [1.165, 1.54) is 0 Å². The molecule has 18 heavy (non-hydrogen) atoms. The van der Waals surface area contributed by atoms with Gasteiger partial charge in [0.15, 0.2) is 0 Å². The Balaban J connectivity index is 2.51. The van der Waals surface area contributed by atoms with E-state index in [0.29, 0.717) is 0 Å². The van der Waals surface area contributed by atoms with E-state index in [-0.39, 0.29) is 16.9 Å². The highest BCUT2D eigenvalue weighted by Crippen LogP contribution is 2.36. The zero-order valence-electron chi connectivity index (χ0n) is 10.7. The summed E-state index contributed by atoms with van der Waals surface area (Å²) in [5.74, 6) is 0.555. The van der Waals surface area contributed by atoms with Gasteiger partial charge in [-0.25, -0.2) is 0 Å². The van der Waals surface area contributed by atoms with Crippen LogP contribution >= 0.6 is 0 Å². The van der Waals surface area contributed by atoms with Crippen molar-refractivity contribution in [3.8, 4) is 11.5 Å². The third kappa shape index (κ3) is 2.19. The molecule has 0 spiro atoms. The maximum Gasteiger partial charge on any atom is 0.115 e. The second-order valence-corrected chi connectivity index (χ2v) is 4.78. The van der Waals surface area contributed by atoms with Crippen molar-refractivity contribution in [2.45, 2.75) is 25.7 Å². The van der Waals surface area contributed by atoms with Crippen LogP contribution in [-0.4, -0.2) is 10.2 Å². The van der Waals surface area contributed by atoms with Crippen molar-refractivity contribution >= 4 is 0 Å². The maximum absolute atomic E-state index is 9.62. The second-order valence-electron chi connectivity index (χ2n) is 4.78. The number of aromatic hydroxyl groups is 2. The molecule has 0 heterocycles. The van der Waals surface area contributed by atoms with Crippen molar-refractivity contribution in [1.82, 2.24) is 0 Å².